The molecule has 39 heavy (non-hydrogen) atoms. The number of nitrogens with one attached hydrogen (secondary N) is 3. The number of piperidine rings is 1. The van der Waals surface area contributed by atoms with Crippen LogP contribution in [0.2, 0.25) is 0 Å². The summed E-state index contributed by atoms with van der Waals surface area (Å²) in [7, 11) is 0. The first-order valence-corrected chi connectivity index (χ1v) is 13.7. The van der Waals surface area contributed by atoms with Gasteiger partial charge in [0.1, 0.15) is 11.6 Å². The van der Waals surface area contributed by atoms with Crippen LogP contribution in [-0.4, -0.2) is 53.7 Å². The number of hydrogen-bond acceptors (Lipinski definition) is 9. The van der Waals surface area contributed by atoms with Crippen LogP contribution < -0.4 is 16.0 Å². The first kappa shape index (κ1) is 23.9. The van der Waals surface area contributed by atoms with Crippen molar-refractivity contribution >= 4 is 34.1 Å². The summed E-state index contributed by atoms with van der Waals surface area (Å²) in [4.78, 5) is 23.8. The van der Waals surface area contributed by atoms with Crippen molar-refractivity contribution in [3.8, 4) is 11.4 Å². The van der Waals surface area contributed by atoms with Gasteiger partial charge in [0, 0.05) is 42.1 Å². The van der Waals surface area contributed by atoms with Gasteiger partial charge in [-0.15, -0.1) is 5.10 Å². The van der Waals surface area contributed by atoms with Gasteiger partial charge in [-0.05, 0) is 67.0 Å². The van der Waals surface area contributed by atoms with E-state index in [-0.39, 0.29) is 5.41 Å². The molecule has 0 aromatic carbocycles. The molecule has 7 rings (SSSR count). The highest BCUT2D eigenvalue weighted by Gasteiger charge is 2.33. The van der Waals surface area contributed by atoms with Crippen molar-refractivity contribution in [2.45, 2.75) is 51.5 Å². The molecule has 2 aliphatic rings. The molecule has 1 saturated heterocycles. The first-order chi connectivity index (χ1) is 19.0. The van der Waals surface area contributed by atoms with Gasteiger partial charge in [0.2, 0.25) is 5.95 Å². The van der Waals surface area contributed by atoms with E-state index in [2.05, 4.69) is 49.8 Å². The number of rotatable bonds is 6. The largest absolute Gasteiger partial charge is 0.366 e. The summed E-state index contributed by atoms with van der Waals surface area (Å²) in [5.41, 5.74) is 3.84. The zero-order chi connectivity index (χ0) is 26.4. The average molecular weight is 521 g/mol. The minimum Gasteiger partial charge on any atom is -0.366 e. The van der Waals surface area contributed by atoms with Crippen molar-refractivity contribution in [2.24, 2.45) is 5.41 Å². The fourth-order valence-electron chi connectivity index (χ4n) is 5.61. The van der Waals surface area contributed by atoms with Gasteiger partial charge in [0.25, 0.3) is 0 Å². The van der Waals surface area contributed by atoms with E-state index in [1.807, 2.05) is 48.9 Å². The molecule has 6 heterocycles. The van der Waals surface area contributed by atoms with E-state index in [0.29, 0.717) is 29.6 Å². The summed E-state index contributed by atoms with van der Waals surface area (Å²) < 4.78 is 1.73. The summed E-state index contributed by atoms with van der Waals surface area (Å²) in [6.07, 6.45) is 12.2. The lowest BCUT2D eigenvalue weighted by atomic mass is 9.78. The van der Waals surface area contributed by atoms with Gasteiger partial charge >= 0.3 is 0 Å². The van der Waals surface area contributed by atoms with Gasteiger partial charge in [-0.1, -0.05) is 26.3 Å². The van der Waals surface area contributed by atoms with Crippen LogP contribution in [0.4, 0.5) is 17.6 Å². The van der Waals surface area contributed by atoms with Gasteiger partial charge in [-0.25, -0.2) is 19.5 Å². The molecular weight excluding hydrogens is 488 g/mol. The molecule has 1 unspecified atom stereocenters. The normalized spacial score (nSPS) is 19.2. The van der Waals surface area contributed by atoms with Gasteiger partial charge in [0.05, 0.1) is 11.7 Å². The third kappa shape index (κ3) is 4.54. The second kappa shape index (κ2) is 9.53. The lowest BCUT2D eigenvalue weighted by molar-refractivity contribution is 0.236. The van der Waals surface area contributed by atoms with Crippen molar-refractivity contribution in [1.82, 2.24) is 39.9 Å². The molecule has 1 aliphatic carbocycles. The molecule has 10 heteroatoms. The number of fused-ring (bicyclic) bond motifs is 2. The van der Waals surface area contributed by atoms with E-state index in [9.17, 15) is 0 Å². The standard InChI is InChI=1S/C29H32N10/c1-29(2)17-30-11-10-22(29)34-27-25-20(18-6-5-7-18)15-31-16-21(25)33-26(37-27)19-9-12-32-23(14-19)35-28-36-24-8-3-4-13-39(24)38-28/h3-4,8-9,12-16,18,22,30H,5-7,10-11,17H2,1-2H3,(H,32,35,38)(H,33,34,37). The minimum atomic E-state index is 0.0915. The highest BCUT2D eigenvalue weighted by Crippen LogP contribution is 2.42. The number of hydrogen-bond donors (Lipinski definition) is 3. The number of pyridine rings is 3. The molecular formula is C29H32N10. The lowest BCUT2D eigenvalue weighted by Crippen LogP contribution is -2.49. The Morgan fingerprint density at radius 3 is 2.79 bits per heavy atom. The monoisotopic (exact) mass is 520 g/mol. The molecule has 5 aromatic rings. The third-order valence-electron chi connectivity index (χ3n) is 8.13. The molecule has 0 spiro atoms. The average Bonchev–Trinajstić information content (AvgIpc) is 3.31. The molecule has 1 saturated carbocycles. The molecule has 10 nitrogen and oxygen atoms in total. The maximum absolute atomic E-state index is 5.15. The van der Waals surface area contributed by atoms with E-state index >= 15 is 0 Å². The van der Waals surface area contributed by atoms with Crippen LogP contribution in [-0.2, 0) is 0 Å². The number of nitrogens with zero attached hydrogens (tertiary/aromatic N) is 7. The van der Waals surface area contributed by atoms with E-state index in [0.717, 1.165) is 47.4 Å². The van der Waals surface area contributed by atoms with Crippen molar-refractivity contribution in [3.05, 3.63) is 60.7 Å². The van der Waals surface area contributed by atoms with Crippen LogP contribution in [0.3, 0.4) is 0 Å². The van der Waals surface area contributed by atoms with E-state index in [1.54, 1.807) is 10.7 Å². The van der Waals surface area contributed by atoms with Gasteiger partial charge in [0.15, 0.2) is 11.5 Å². The lowest BCUT2D eigenvalue weighted by Gasteiger charge is -2.40. The predicted molar refractivity (Wildman–Crippen MR) is 152 cm³/mol. The van der Waals surface area contributed by atoms with Gasteiger partial charge in [-0.2, -0.15) is 4.98 Å². The molecule has 198 valence electrons. The molecule has 0 bridgehead atoms. The van der Waals surface area contributed by atoms with Crippen molar-refractivity contribution < 1.29 is 0 Å². The van der Waals surface area contributed by atoms with Crippen LogP contribution in [0.25, 0.3) is 27.9 Å². The SMILES string of the molecule is CC1(C)CNCCC1Nc1nc(-c2ccnc(Nc3nc4ccccn4n3)c2)nc2cncc(C3CCC3)c12. The Bertz CT molecular complexity index is 1620. The number of anilines is 3. The summed E-state index contributed by atoms with van der Waals surface area (Å²) in [5, 5.41) is 16.2. The topological polar surface area (TPSA) is 118 Å². The van der Waals surface area contributed by atoms with Crippen LogP contribution in [0.1, 0.15) is 51.0 Å². The first-order valence-electron chi connectivity index (χ1n) is 13.7. The molecule has 1 aliphatic heterocycles. The second-order valence-electron chi connectivity index (χ2n) is 11.3. The van der Waals surface area contributed by atoms with E-state index in [1.165, 1.54) is 24.8 Å². The Hall–Kier alpha value is -4.18. The van der Waals surface area contributed by atoms with Crippen LogP contribution in [0, 0.1) is 5.41 Å². The summed E-state index contributed by atoms with van der Waals surface area (Å²) >= 11 is 0. The van der Waals surface area contributed by atoms with Crippen molar-refractivity contribution in [2.75, 3.05) is 23.7 Å². The smallest absolute Gasteiger partial charge is 0.248 e. The molecule has 0 amide bonds. The van der Waals surface area contributed by atoms with Gasteiger partial charge < -0.3 is 16.0 Å². The zero-order valence-corrected chi connectivity index (χ0v) is 22.2. The Balaban J connectivity index is 1.28. The highest BCUT2D eigenvalue weighted by molar-refractivity contribution is 5.93. The summed E-state index contributed by atoms with van der Waals surface area (Å²) in [6.45, 7) is 6.58. The molecule has 3 N–H and O–H groups in total. The Kier molecular flexibility index (Phi) is 5.84. The third-order valence-corrected chi connectivity index (χ3v) is 8.13. The van der Waals surface area contributed by atoms with E-state index < -0.39 is 0 Å². The maximum Gasteiger partial charge on any atom is 0.248 e. The van der Waals surface area contributed by atoms with Gasteiger partial charge in [-0.3, -0.25) is 4.98 Å². The summed E-state index contributed by atoms with van der Waals surface area (Å²) in [5.74, 6) is 3.16. The van der Waals surface area contributed by atoms with Crippen LogP contribution in [0.15, 0.2) is 55.1 Å². The molecule has 5 aromatic heterocycles. The van der Waals surface area contributed by atoms with Crippen molar-refractivity contribution in [1.29, 1.82) is 0 Å². The Labute approximate surface area is 226 Å². The van der Waals surface area contributed by atoms with Crippen molar-refractivity contribution in [3.63, 3.8) is 0 Å². The van der Waals surface area contributed by atoms with Crippen LogP contribution in [0.5, 0.6) is 0 Å². The molecule has 0 radical (unpaired) electrons. The second-order valence-corrected chi connectivity index (χ2v) is 11.3. The predicted octanol–water partition coefficient (Wildman–Crippen LogP) is 4.94. The zero-order valence-electron chi connectivity index (χ0n) is 22.2. The quantitative estimate of drug-likeness (QED) is 0.286. The maximum atomic E-state index is 5.15. The minimum absolute atomic E-state index is 0.0915. The molecule has 1 atom stereocenters. The molecule has 2 fully saturated rings. The Morgan fingerprint density at radius 1 is 1.05 bits per heavy atom. The summed E-state index contributed by atoms with van der Waals surface area (Å²) in [6, 6.07) is 9.94. The fraction of sp³-hybridized carbons (Fsp3) is 0.379. The fourth-order valence-corrected chi connectivity index (χ4v) is 5.61. The highest BCUT2D eigenvalue weighted by atomic mass is 15.3. The Morgan fingerprint density at radius 2 is 1.97 bits per heavy atom. The van der Waals surface area contributed by atoms with Crippen LogP contribution >= 0.6 is 0 Å². The number of aromatic nitrogens is 7. The van der Waals surface area contributed by atoms with E-state index in [4.69, 9.17) is 9.97 Å².